The molecule has 0 saturated carbocycles. The van der Waals surface area contributed by atoms with Crippen LogP contribution >= 0.6 is 11.6 Å². The maximum Gasteiger partial charge on any atom is 0.253 e. The summed E-state index contributed by atoms with van der Waals surface area (Å²) in [5, 5.41) is 0.604. The Labute approximate surface area is 160 Å². The van der Waals surface area contributed by atoms with Crippen molar-refractivity contribution in [3.63, 3.8) is 0 Å². The second-order valence-electron chi connectivity index (χ2n) is 5.87. The van der Waals surface area contributed by atoms with Crippen LogP contribution in [-0.2, 0) is 16.6 Å². The van der Waals surface area contributed by atoms with Gasteiger partial charge in [-0.3, -0.25) is 4.79 Å². The highest BCUT2D eigenvalue weighted by Crippen LogP contribution is 2.19. The summed E-state index contributed by atoms with van der Waals surface area (Å²) in [6, 6.07) is 13.4. The van der Waals surface area contributed by atoms with Crippen LogP contribution in [0, 0.1) is 0 Å². The second-order valence-corrected chi connectivity index (χ2v) is 8.21. The summed E-state index contributed by atoms with van der Waals surface area (Å²) in [6.45, 7) is 4.77. The molecule has 2 aromatic rings. The predicted octanol–water partition coefficient (Wildman–Crippen LogP) is 3.64. The highest BCUT2D eigenvalue weighted by atomic mass is 35.5. The first-order chi connectivity index (χ1) is 12.3. The number of hydrogen-bond donors (Lipinski definition) is 0. The predicted molar refractivity (Wildman–Crippen MR) is 104 cm³/mol. The average Bonchev–Trinajstić information content (AvgIpc) is 2.64. The molecule has 2 aromatic carbocycles. The minimum absolute atomic E-state index is 0.187. The van der Waals surface area contributed by atoms with Gasteiger partial charge in [0.05, 0.1) is 4.90 Å². The molecule has 0 radical (unpaired) electrons. The van der Waals surface area contributed by atoms with E-state index in [0.717, 1.165) is 5.56 Å². The molecule has 0 unspecified atom stereocenters. The normalized spacial score (nSPS) is 11.6. The van der Waals surface area contributed by atoms with Gasteiger partial charge < -0.3 is 4.90 Å². The van der Waals surface area contributed by atoms with Gasteiger partial charge in [-0.1, -0.05) is 43.6 Å². The van der Waals surface area contributed by atoms with Crippen molar-refractivity contribution in [1.29, 1.82) is 0 Å². The van der Waals surface area contributed by atoms with Gasteiger partial charge in [0.25, 0.3) is 5.91 Å². The minimum atomic E-state index is -3.53. The van der Waals surface area contributed by atoms with Crippen LogP contribution in [0.3, 0.4) is 0 Å². The van der Waals surface area contributed by atoms with Crippen LogP contribution in [0.1, 0.15) is 29.8 Å². The van der Waals surface area contributed by atoms with Crippen LogP contribution < -0.4 is 0 Å². The van der Waals surface area contributed by atoms with Crippen LogP contribution in [0.25, 0.3) is 0 Å². The van der Waals surface area contributed by atoms with Gasteiger partial charge in [0, 0.05) is 37.3 Å². The Morgan fingerprint density at radius 2 is 1.58 bits per heavy atom. The number of benzene rings is 2. The Morgan fingerprint density at radius 1 is 1.00 bits per heavy atom. The standard InChI is InChI=1S/C19H23ClN2O3S/c1-4-22(5-2)26(24,25)17-12-10-15(11-13-17)19(23)21(3)14-16-8-6-7-9-18(16)20/h6-13H,4-5,14H2,1-3H3. The van der Waals surface area contributed by atoms with Gasteiger partial charge >= 0.3 is 0 Å². The molecule has 0 bridgehead atoms. The number of nitrogens with zero attached hydrogens (tertiary/aromatic N) is 2. The molecule has 2 rings (SSSR count). The van der Waals surface area contributed by atoms with E-state index in [0.29, 0.717) is 30.2 Å². The summed E-state index contributed by atoms with van der Waals surface area (Å²) in [5.41, 5.74) is 1.28. The molecule has 0 aliphatic heterocycles. The minimum Gasteiger partial charge on any atom is -0.337 e. The van der Waals surface area contributed by atoms with Crippen molar-refractivity contribution < 1.29 is 13.2 Å². The Morgan fingerprint density at radius 3 is 2.12 bits per heavy atom. The molecule has 0 atom stereocenters. The van der Waals surface area contributed by atoms with Crippen LogP contribution in [0.15, 0.2) is 53.4 Å². The van der Waals surface area contributed by atoms with Crippen LogP contribution in [0.2, 0.25) is 5.02 Å². The molecular weight excluding hydrogens is 372 g/mol. The molecule has 0 aliphatic carbocycles. The lowest BCUT2D eigenvalue weighted by Crippen LogP contribution is -2.30. The molecule has 7 heteroatoms. The highest BCUT2D eigenvalue weighted by molar-refractivity contribution is 7.89. The van der Waals surface area contributed by atoms with Crippen LogP contribution in [-0.4, -0.2) is 43.7 Å². The topological polar surface area (TPSA) is 57.7 Å². The summed E-state index contributed by atoms with van der Waals surface area (Å²) in [6.07, 6.45) is 0. The first-order valence-corrected chi connectivity index (χ1v) is 10.2. The Kier molecular flexibility index (Phi) is 6.81. The van der Waals surface area contributed by atoms with Crippen molar-refractivity contribution in [3.8, 4) is 0 Å². The molecule has 0 N–H and O–H groups in total. The van der Waals surface area contributed by atoms with Crippen molar-refractivity contribution >= 4 is 27.5 Å². The number of amides is 1. The van der Waals surface area contributed by atoms with Crippen LogP contribution in [0.4, 0.5) is 0 Å². The van der Waals surface area contributed by atoms with E-state index in [2.05, 4.69) is 0 Å². The molecule has 0 aliphatic rings. The van der Waals surface area contributed by atoms with Crippen molar-refractivity contribution in [3.05, 3.63) is 64.7 Å². The second kappa shape index (κ2) is 8.66. The third-order valence-electron chi connectivity index (χ3n) is 4.16. The van der Waals surface area contributed by atoms with Crippen molar-refractivity contribution in [2.45, 2.75) is 25.3 Å². The van der Waals surface area contributed by atoms with Crippen molar-refractivity contribution in [2.24, 2.45) is 0 Å². The van der Waals surface area contributed by atoms with Gasteiger partial charge in [-0.15, -0.1) is 0 Å². The fourth-order valence-electron chi connectivity index (χ4n) is 2.66. The molecular formula is C19H23ClN2O3S. The van der Waals surface area contributed by atoms with E-state index in [1.165, 1.54) is 16.4 Å². The monoisotopic (exact) mass is 394 g/mol. The van der Waals surface area contributed by atoms with E-state index in [1.54, 1.807) is 44.0 Å². The molecule has 0 heterocycles. The molecule has 0 spiro atoms. The molecule has 0 saturated heterocycles. The Bertz CT molecular complexity index is 863. The number of sulfonamides is 1. The van der Waals surface area contributed by atoms with Gasteiger partial charge in [0.15, 0.2) is 0 Å². The average molecular weight is 395 g/mol. The number of carbonyl (C=O) groups is 1. The first-order valence-electron chi connectivity index (χ1n) is 8.40. The zero-order valence-electron chi connectivity index (χ0n) is 15.1. The van der Waals surface area contributed by atoms with E-state index in [1.807, 2.05) is 18.2 Å². The van der Waals surface area contributed by atoms with Gasteiger partial charge in [-0.05, 0) is 35.9 Å². The van der Waals surface area contributed by atoms with Crippen LogP contribution in [0.5, 0.6) is 0 Å². The third-order valence-corrected chi connectivity index (χ3v) is 6.59. The van der Waals surface area contributed by atoms with E-state index < -0.39 is 10.0 Å². The first kappa shape index (κ1) is 20.4. The number of halogens is 1. The summed E-state index contributed by atoms with van der Waals surface area (Å²) in [7, 11) is -1.84. The molecule has 0 fully saturated rings. The largest absolute Gasteiger partial charge is 0.337 e. The van der Waals surface area contributed by atoms with E-state index in [9.17, 15) is 13.2 Å². The maximum atomic E-state index is 12.6. The summed E-state index contributed by atoms with van der Waals surface area (Å²) in [4.78, 5) is 14.3. The van der Waals surface area contributed by atoms with Gasteiger partial charge in [0.1, 0.15) is 0 Å². The summed E-state index contributed by atoms with van der Waals surface area (Å²) < 4.78 is 26.4. The molecule has 5 nitrogen and oxygen atoms in total. The van der Waals surface area contributed by atoms with E-state index in [4.69, 9.17) is 11.6 Å². The van der Waals surface area contributed by atoms with E-state index >= 15 is 0 Å². The summed E-state index contributed by atoms with van der Waals surface area (Å²) in [5.74, 6) is -0.197. The zero-order chi connectivity index (χ0) is 19.3. The lowest BCUT2D eigenvalue weighted by Gasteiger charge is -2.20. The Hall–Kier alpha value is -1.89. The number of carbonyl (C=O) groups excluding carboxylic acids is 1. The van der Waals surface area contributed by atoms with Gasteiger partial charge in [-0.25, -0.2) is 8.42 Å². The van der Waals surface area contributed by atoms with Gasteiger partial charge in [0.2, 0.25) is 10.0 Å². The lowest BCUT2D eigenvalue weighted by atomic mass is 10.1. The SMILES string of the molecule is CCN(CC)S(=O)(=O)c1ccc(C(=O)N(C)Cc2ccccc2Cl)cc1. The zero-order valence-corrected chi connectivity index (χ0v) is 16.7. The lowest BCUT2D eigenvalue weighted by molar-refractivity contribution is 0.0785. The maximum absolute atomic E-state index is 12.6. The third kappa shape index (κ3) is 4.44. The smallest absolute Gasteiger partial charge is 0.253 e. The number of hydrogen-bond acceptors (Lipinski definition) is 3. The quantitative estimate of drug-likeness (QED) is 0.720. The molecule has 0 aromatic heterocycles. The van der Waals surface area contributed by atoms with E-state index in [-0.39, 0.29) is 10.8 Å². The summed E-state index contributed by atoms with van der Waals surface area (Å²) >= 11 is 6.14. The molecule has 26 heavy (non-hydrogen) atoms. The van der Waals surface area contributed by atoms with Gasteiger partial charge in [-0.2, -0.15) is 4.31 Å². The number of rotatable bonds is 7. The fourth-order valence-corrected chi connectivity index (χ4v) is 4.31. The highest BCUT2D eigenvalue weighted by Gasteiger charge is 2.22. The Balaban J connectivity index is 2.17. The molecule has 1 amide bonds. The van der Waals surface area contributed by atoms with Crippen molar-refractivity contribution in [2.75, 3.05) is 20.1 Å². The fraction of sp³-hybridized carbons (Fsp3) is 0.316. The molecule has 140 valence electrons. The van der Waals surface area contributed by atoms with Crippen molar-refractivity contribution in [1.82, 2.24) is 9.21 Å².